The predicted octanol–water partition coefficient (Wildman–Crippen LogP) is 2.34. The number of rotatable bonds is 7. The summed E-state index contributed by atoms with van der Waals surface area (Å²) < 4.78 is 11.8. The van der Waals surface area contributed by atoms with Crippen molar-refractivity contribution in [3.8, 4) is 5.75 Å². The molecule has 1 aromatic heterocycles. The molecule has 2 heterocycles. The lowest BCUT2D eigenvalue weighted by atomic mass is 9.97. The maximum absolute atomic E-state index is 13.1. The zero-order valence-corrected chi connectivity index (χ0v) is 18.1. The van der Waals surface area contributed by atoms with Crippen molar-refractivity contribution in [1.82, 2.24) is 14.7 Å². The van der Waals surface area contributed by atoms with Gasteiger partial charge in [-0.1, -0.05) is 6.07 Å². The summed E-state index contributed by atoms with van der Waals surface area (Å²) in [7, 11) is 1.56. The van der Waals surface area contributed by atoms with Crippen LogP contribution in [0.15, 0.2) is 35.3 Å². The molecule has 0 bridgehead atoms. The van der Waals surface area contributed by atoms with E-state index in [1.807, 2.05) is 6.92 Å². The molecule has 166 valence electrons. The van der Waals surface area contributed by atoms with Gasteiger partial charge in [-0.05, 0) is 44.9 Å². The Kier molecular flexibility index (Phi) is 7.28. The van der Waals surface area contributed by atoms with Crippen LogP contribution < -0.4 is 15.6 Å². The Morgan fingerprint density at radius 2 is 2.06 bits per heavy atom. The van der Waals surface area contributed by atoms with Gasteiger partial charge in [-0.2, -0.15) is 5.10 Å². The number of aryl methyl sites for hydroxylation is 1. The van der Waals surface area contributed by atoms with E-state index in [9.17, 15) is 14.4 Å². The Morgan fingerprint density at radius 3 is 2.81 bits per heavy atom. The lowest BCUT2D eigenvalue weighted by Crippen LogP contribution is -2.42. The first-order chi connectivity index (χ1) is 14.9. The molecule has 0 spiro atoms. The SMILES string of the molecule is CCOC(=O)C1CCCN(C(=O)c2cccc(Nc3c(OCC)cnn(C)c3=O)c2)C1. The molecule has 9 nitrogen and oxygen atoms in total. The van der Waals surface area contributed by atoms with Gasteiger partial charge in [0, 0.05) is 31.4 Å². The quantitative estimate of drug-likeness (QED) is 0.675. The molecule has 1 amide bonds. The van der Waals surface area contributed by atoms with Crippen molar-refractivity contribution < 1.29 is 19.1 Å². The monoisotopic (exact) mass is 428 g/mol. The third-order valence-corrected chi connectivity index (χ3v) is 5.11. The van der Waals surface area contributed by atoms with Crippen molar-refractivity contribution in [2.24, 2.45) is 13.0 Å². The summed E-state index contributed by atoms with van der Waals surface area (Å²) in [5.41, 5.74) is 0.965. The van der Waals surface area contributed by atoms with E-state index in [2.05, 4.69) is 10.4 Å². The minimum absolute atomic E-state index is 0.162. The lowest BCUT2D eigenvalue weighted by molar-refractivity contribution is -0.149. The van der Waals surface area contributed by atoms with Gasteiger partial charge in [0.1, 0.15) is 0 Å². The first-order valence-corrected chi connectivity index (χ1v) is 10.5. The normalized spacial score (nSPS) is 16.0. The van der Waals surface area contributed by atoms with Gasteiger partial charge in [0.15, 0.2) is 11.4 Å². The second-order valence-corrected chi connectivity index (χ2v) is 7.29. The topological polar surface area (TPSA) is 103 Å². The van der Waals surface area contributed by atoms with E-state index >= 15 is 0 Å². The molecule has 0 aliphatic carbocycles. The van der Waals surface area contributed by atoms with E-state index in [0.29, 0.717) is 43.3 Å². The van der Waals surface area contributed by atoms with Gasteiger partial charge in [0.05, 0.1) is 25.3 Å². The van der Waals surface area contributed by atoms with E-state index in [1.54, 1.807) is 43.1 Å². The van der Waals surface area contributed by atoms with Crippen LogP contribution in [0, 0.1) is 5.92 Å². The van der Waals surface area contributed by atoms with E-state index in [4.69, 9.17) is 9.47 Å². The number of anilines is 2. The number of carbonyl (C=O) groups is 2. The molecular weight excluding hydrogens is 400 g/mol. The number of ether oxygens (including phenoxy) is 2. The molecule has 1 aliphatic rings. The fourth-order valence-corrected chi connectivity index (χ4v) is 3.57. The predicted molar refractivity (Wildman–Crippen MR) is 116 cm³/mol. The number of hydrogen-bond acceptors (Lipinski definition) is 7. The van der Waals surface area contributed by atoms with Crippen molar-refractivity contribution in [2.75, 3.05) is 31.6 Å². The van der Waals surface area contributed by atoms with E-state index in [-0.39, 0.29) is 29.0 Å². The van der Waals surface area contributed by atoms with Gasteiger partial charge in [0.25, 0.3) is 11.5 Å². The summed E-state index contributed by atoms with van der Waals surface area (Å²) in [6.07, 6.45) is 2.94. The molecule has 1 aliphatic heterocycles. The highest BCUT2D eigenvalue weighted by atomic mass is 16.5. The van der Waals surface area contributed by atoms with E-state index in [0.717, 1.165) is 12.8 Å². The first-order valence-electron chi connectivity index (χ1n) is 10.5. The van der Waals surface area contributed by atoms with Crippen LogP contribution in [0.3, 0.4) is 0 Å². The smallest absolute Gasteiger partial charge is 0.310 e. The van der Waals surface area contributed by atoms with Crippen LogP contribution in [0.25, 0.3) is 0 Å². The minimum atomic E-state index is -0.337. The molecule has 1 saturated heterocycles. The number of nitrogens with zero attached hydrogens (tertiary/aromatic N) is 3. The average molecular weight is 428 g/mol. The van der Waals surface area contributed by atoms with Crippen LogP contribution >= 0.6 is 0 Å². The summed E-state index contributed by atoms with van der Waals surface area (Å²) in [6.45, 7) is 5.24. The Morgan fingerprint density at radius 1 is 1.26 bits per heavy atom. The molecule has 0 saturated carbocycles. The number of esters is 1. The van der Waals surface area contributed by atoms with Crippen molar-refractivity contribution in [3.05, 3.63) is 46.4 Å². The molecule has 1 atom stereocenters. The molecule has 31 heavy (non-hydrogen) atoms. The van der Waals surface area contributed by atoms with Crippen LogP contribution in [-0.4, -0.2) is 52.9 Å². The summed E-state index contributed by atoms with van der Waals surface area (Å²) in [4.78, 5) is 39.4. The largest absolute Gasteiger partial charge is 0.490 e. The van der Waals surface area contributed by atoms with Gasteiger partial charge in [-0.25, -0.2) is 4.68 Å². The number of benzene rings is 1. The number of likely N-dealkylation sites (tertiary alicyclic amines) is 1. The van der Waals surface area contributed by atoms with Gasteiger partial charge in [-0.3, -0.25) is 14.4 Å². The van der Waals surface area contributed by atoms with Crippen LogP contribution in [0.4, 0.5) is 11.4 Å². The molecule has 0 radical (unpaired) electrons. The van der Waals surface area contributed by atoms with Crippen molar-refractivity contribution >= 4 is 23.3 Å². The molecule has 1 fully saturated rings. The summed E-state index contributed by atoms with van der Waals surface area (Å²) in [5, 5.41) is 7.05. The number of amides is 1. The van der Waals surface area contributed by atoms with Gasteiger partial charge >= 0.3 is 5.97 Å². The Balaban J connectivity index is 1.79. The fraction of sp³-hybridized carbons (Fsp3) is 0.455. The Hall–Kier alpha value is -3.36. The van der Waals surface area contributed by atoms with Crippen LogP contribution in [0.2, 0.25) is 0 Å². The molecule has 1 N–H and O–H groups in total. The first kappa shape index (κ1) is 22.3. The maximum atomic E-state index is 13.1. The molecular formula is C22H28N4O5. The molecule has 9 heteroatoms. The van der Waals surface area contributed by atoms with Crippen molar-refractivity contribution in [1.29, 1.82) is 0 Å². The third-order valence-electron chi connectivity index (χ3n) is 5.11. The van der Waals surface area contributed by atoms with Gasteiger partial charge in [-0.15, -0.1) is 0 Å². The van der Waals surface area contributed by atoms with Gasteiger partial charge < -0.3 is 19.7 Å². The average Bonchev–Trinajstić information content (AvgIpc) is 2.79. The second kappa shape index (κ2) is 10.1. The summed E-state index contributed by atoms with van der Waals surface area (Å²) >= 11 is 0. The lowest BCUT2D eigenvalue weighted by Gasteiger charge is -2.31. The van der Waals surface area contributed by atoms with Crippen molar-refractivity contribution in [3.63, 3.8) is 0 Å². The van der Waals surface area contributed by atoms with E-state index < -0.39 is 0 Å². The van der Waals surface area contributed by atoms with Crippen molar-refractivity contribution in [2.45, 2.75) is 26.7 Å². The summed E-state index contributed by atoms with van der Waals surface area (Å²) in [6, 6.07) is 6.92. The number of aromatic nitrogens is 2. The minimum Gasteiger partial charge on any atom is -0.490 e. The Bertz CT molecular complexity index is 1000. The standard InChI is InChI=1S/C22H28N4O5/c1-4-30-18-13-23-25(3)21(28)19(18)24-17-10-6-8-15(12-17)20(27)26-11-7-9-16(14-26)22(29)31-5-2/h6,8,10,12-13,16,24H,4-5,7,9,11,14H2,1-3H3. The summed E-state index contributed by atoms with van der Waals surface area (Å²) in [5.74, 6) is -0.374. The third kappa shape index (κ3) is 5.22. The molecule has 1 aromatic carbocycles. The zero-order chi connectivity index (χ0) is 22.4. The zero-order valence-electron chi connectivity index (χ0n) is 18.1. The second-order valence-electron chi connectivity index (χ2n) is 7.29. The van der Waals surface area contributed by atoms with Crippen LogP contribution in [0.1, 0.15) is 37.0 Å². The van der Waals surface area contributed by atoms with E-state index in [1.165, 1.54) is 10.9 Å². The van der Waals surface area contributed by atoms with Crippen LogP contribution in [0.5, 0.6) is 5.75 Å². The fourth-order valence-electron chi connectivity index (χ4n) is 3.57. The van der Waals surface area contributed by atoms with Gasteiger partial charge in [0.2, 0.25) is 0 Å². The molecule has 1 unspecified atom stereocenters. The highest BCUT2D eigenvalue weighted by Gasteiger charge is 2.29. The number of nitrogens with one attached hydrogen (secondary N) is 1. The molecule has 3 rings (SSSR count). The highest BCUT2D eigenvalue weighted by molar-refractivity contribution is 5.95. The highest BCUT2D eigenvalue weighted by Crippen LogP contribution is 2.25. The number of piperidine rings is 1. The number of carbonyl (C=O) groups excluding carboxylic acids is 2. The number of hydrogen-bond donors (Lipinski definition) is 1. The Labute approximate surface area is 181 Å². The van der Waals surface area contributed by atoms with Crippen LogP contribution in [-0.2, 0) is 16.6 Å². The molecule has 2 aromatic rings. The maximum Gasteiger partial charge on any atom is 0.310 e.